The number of sulfonamides is 2. The van der Waals surface area contributed by atoms with Crippen LogP contribution in [0.25, 0.3) is 21.9 Å². The second-order valence-corrected chi connectivity index (χ2v) is 10.8. The fraction of sp³-hybridized carbons (Fsp3) is 0.158. The molecule has 3 aromatic rings. The van der Waals surface area contributed by atoms with Crippen LogP contribution in [0.5, 0.6) is 0 Å². The average Bonchev–Trinajstić information content (AvgIpc) is 2.72. The van der Waals surface area contributed by atoms with Gasteiger partial charge in [-0.3, -0.25) is 0 Å². The molecule has 0 atom stereocenters. The number of nitrogens with zero attached hydrogens (tertiary/aromatic N) is 1. The first-order chi connectivity index (χ1) is 14.7. The summed E-state index contributed by atoms with van der Waals surface area (Å²) >= 11 is 0. The van der Waals surface area contributed by atoms with Crippen LogP contribution in [0.2, 0.25) is 0 Å². The lowest BCUT2D eigenvalue weighted by Crippen LogP contribution is -2.72. The van der Waals surface area contributed by atoms with Crippen molar-refractivity contribution in [3.8, 4) is 11.1 Å². The van der Waals surface area contributed by atoms with Gasteiger partial charge >= 0.3 is 36.5 Å². The van der Waals surface area contributed by atoms with E-state index in [4.69, 9.17) is 0 Å². The molecule has 5 nitrogen and oxygen atoms in total. The minimum absolute atomic E-state index is 0.0775. The largest absolute Gasteiger partial charge is 0.434 e. The van der Waals surface area contributed by atoms with Crippen LogP contribution in [-0.2, 0) is 20.0 Å². The summed E-state index contributed by atoms with van der Waals surface area (Å²) in [5, 5.41) is -13.1. The van der Waals surface area contributed by atoms with Crippen molar-refractivity contribution in [3.05, 3.63) is 66.7 Å². The molecule has 1 aliphatic heterocycles. The van der Waals surface area contributed by atoms with Gasteiger partial charge in [0.2, 0.25) is 0 Å². The average molecular weight is 495 g/mol. The van der Waals surface area contributed by atoms with Crippen molar-refractivity contribution in [2.75, 3.05) is 3.71 Å². The molecule has 13 heteroatoms. The first kappa shape index (κ1) is 22.4. The van der Waals surface area contributed by atoms with Crippen molar-refractivity contribution in [2.45, 2.75) is 16.4 Å². The Labute approximate surface area is 178 Å². The second-order valence-electron chi connectivity index (χ2n) is 6.90. The zero-order chi connectivity index (χ0) is 23.7. The number of hydrogen-bond donors (Lipinski definition) is 0. The molecule has 0 unspecified atom stereocenters. The topological polar surface area (TPSA) is 71.5 Å². The molecule has 0 amide bonds. The minimum atomic E-state index is -6.85. The Morgan fingerprint density at radius 2 is 1.12 bits per heavy atom. The second kappa shape index (κ2) is 6.61. The fourth-order valence-electron chi connectivity index (χ4n) is 3.33. The molecule has 0 aliphatic carbocycles. The van der Waals surface area contributed by atoms with Crippen molar-refractivity contribution >= 4 is 36.5 Å². The maximum atomic E-state index is 14.2. The molecule has 1 fully saturated rings. The van der Waals surface area contributed by atoms with Crippen LogP contribution in [0, 0.1) is 0 Å². The van der Waals surface area contributed by atoms with E-state index in [-0.39, 0.29) is 16.3 Å². The molecule has 1 aliphatic rings. The van der Waals surface area contributed by atoms with Gasteiger partial charge in [0.05, 0.1) is 5.69 Å². The summed E-state index contributed by atoms with van der Waals surface area (Å²) < 4.78 is 133. The van der Waals surface area contributed by atoms with Crippen LogP contribution in [-0.4, -0.2) is 33.3 Å². The number of benzene rings is 3. The van der Waals surface area contributed by atoms with Crippen molar-refractivity contribution < 1.29 is 43.2 Å². The monoisotopic (exact) mass is 495 g/mol. The molecule has 4 rings (SSSR count). The number of hydrogen-bond acceptors (Lipinski definition) is 4. The third kappa shape index (κ3) is 2.63. The summed E-state index contributed by atoms with van der Waals surface area (Å²) in [5.41, 5.74) is -0.694. The van der Waals surface area contributed by atoms with Crippen LogP contribution in [0.1, 0.15) is 0 Å². The predicted molar refractivity (Wildman–Crippen MR) is 105 cm³/mol. The molecule has 32 heavy (non-hydrogen) atoms. The minimum Gasteiger partial charge on any atom is -0.199 e. The fourth-order valence-corrected chi connectivity index (χ4v) is 7.13. The molecule has 170 valence electrons. The van der Waals surface area contributed by atoms with Crippen LogP contribution >= 0.6 is 0 Å². The Bertz CT molecular complexity index is 1390. The molecule has 0 bridgehead atoms. The van der Waals surface area contributed by atoms with Crippen molar-refractivity contribution in [3.63, 3.8) is 0 Å². The lowest BCUT2D eigenvalue weighted by molar-refractivity contribution is -0.245. The van der Waals surface area contributed by atoms with Gasteiger partial charge < -0.3 is 0 Å². The van der Waals surface area contributed by atoms with E-state index in [0.29, 0.717) is 5.56 Å². The third-order valence-corrected chi connectivity index (χ3v) is 9.21. The Morgan fingerprint density at radius 1 is 0.625 bits per heavy atom. The SMILES string of the molecule is O=S1(=O)N(c2cc(-c3ccccc3)cc3ccccc23)S(=O)(=O)C(F)(F)C(F)(F)C1(F)F. The molecular weight excluding hydrogens is 484 g/mol. The lowest BCUT2D eigenvalue weighted by atomic mass is 10.00. The van der Waals surface area contributed by atoms with E-state index >= 15 is 0 Å². The van der Waals surface area contributed by atoms with Crippen molar-refractivity contribution in [1.29, 1.82) is 0 Å². The Kier molecular flexibility index (Phi) is 4.62. The molecule has 0 aromatic heterocycles. The third-order valence-electron chi connectivity index (χ3n) is 4.96. The molecule has 0 N–H and O–H groups in total. The summed E-state index contributed by atoms with van der Waals surface area (Å²) in [6.07, 6.45) is 0. The highest BCUT2D eigenvalue weighted by molar-refractivity contribution is 8.12. The zero-order valence-corrected chi connectivity index (χ0v) is 17.1. The smallest absolute Gasteiger partial charge is 0.199 e. The summed E-state index contributed by atoms with van der Waals surface area (Å²) in [6, 6.07) is 15.1. The number of fused-ring (bicyclic) bond motifs is 1. The Balaban J connectivity index is 2.14. The summed E-state index contributed by atoms with van der Waals surface area (Å²) in [7, 11) is -13.7. The van der Waals surface area contributed by atoms with Gasteiger partial charge in [-0.15, -0.1) is 0 Å². The molecule has 1 saturated heterocycles. The van der Waals surface area contributed by atoms with Crippen LogP contribution in [0.15, 0.2) is 66.7 Å². The first-order valence-electron chi connectivity index (χ1n) is 8.69. The summed E-state index contributed by atoms with van der Waals surface area (Å²) in [4.78, 5) is 0. The maximum absolute atomic E-state index is 14.2. The van der Waals surface area contributed by atoms with Crippen molar-refractivity contribution in [2.24, 2.45) is 0 Å². The van der Waals surface area contributed by atoms with E-state index in [9.17, 15) is 43.2 Å². The molecular formula is C19H11F6NO4S2. The van der Waals surface area contributed by atoms with Gasteiger partial charge in [0, 0.05) is 5.39 Å². The number of alkyl halides is 6. The van der Waals surface area contributed by atoms with Crippen LogP contribution in [0.3, 0.4) is 0 Å². The maximum Gasteiger partial charge on any atom is 0.434 e. The Hall–Kier alpha value is -2.80. The molecule has 0 spiro atoms. The van der Waals surface area contributed by atoms with E-state index < -0.39 is 45.9 Å². The number of rotatable bonds is 2. The van der Waals surface area contributed by atoms with E-state index in [0.717, 1.165) is 12.1 Å². The highest BCUT2D eigenvalue weighted by Crippen LogP contribution is 2.58. The van der Waals surface area contributed by atoms with Crippen LogP contribution in [0.4, 0.5) is 32.0 Å². The van der Waals surface area contributed by atoms with Gasteiger partial charge in [0.15, 0.2) is 0 Å². The van der Waals surface area contributed by atoms with E-state index in [1.165, 1.54) is 36.4 Å². The predicted octanol–water partition coefficient (Wildman–Crippen LogP) is 4.81. The zero-order valence-electron chi connectivity index (χ0n) is 15.5. The van der Waals surface area contributed by atoms with Gasteiger partial charge in [0.1, 0.15) is 0 Å². The Morgan fingerprint density at radius 3 is 1.69 bits per heavy atom. The summed E-state index contributed by atoms with van der Waals surface area (Å²) in [6.45, 7) is 0. The van der Waals surface area contributed by atoms with Crippen molar-refractivity contribution in [1.82, 2.24) is 0 Å². The quantitative estimate of drug-likeness (QED) is 0.479. The van der Waals surface area contributed by atoms with Crippen LogP contribution < -0.4 is 3.71 Å². The molecule has 1 heterocycles. The number of halogens is 6. The van der Waals surface area contributed by atoms with Gasteiger partial charge in [-0.05, 0) is 28.6 Å². The molecule has 0 saturated carbocycles. The number of anilines is 1. The highest BCUT2D eigenvalue weighted by atomic mass is 32.3. The highest BCUT2D eigenvalue weighted by Gasteiger charge is 2.88. The molecule has 3 aromatic carbocycles. The normalized spacial score (nSPS) is 22.5. The molecule has 0 radical (unpaired) electrons. The van der Waals surface area contributed by atoms with E-state index in [1.54, 1.807) is 18.2 Å². The van der Waals surface area contributed by atoms with E-state index in [1.807, 2.05) is 0 Å². The summed E-state index contributed by atoms with van der Waals surface area (Å²) in [5.74, 6) is -6.71. The van der Waals surface area contributed by atoms with E-state index in [2.05, 4.69) is 0 Å². The standard InChI is InChI=1S/C19H11F6NO4S2/c20-17(21)18(22,23)31(27,28)26(32(29,30)19(17,24)25)16-11-14(12-6-2-1-3-7-12)10-13-8-4-5-9-15(13)16/h1-11H. The lowest BCUT2D eigenvalue weighted by Gasteiger charge is -2.41. The first-order valence-corrected chi connectivity index (χ1v) is 11.6. The van der Waals surface area contributed by atoms with Gasteiger partial charge in [-0.25, -0.2) is 0 Å². The van der Waals surface area contributed by atoms with Gasteiger partial charge in [-0.2, -0.15) is 46.9 Å². The van der Waals surface area contributed by atoms with Gasteiger partial charge in [-0.1, -0.05) is 54.6 Å². The van der Waals surface area contributed by atoms with Gasteiger partial charge in [0.25, 0.3) is 0 Å².